The van der Waals surface area contributed by atoms with Crippen LogP contribution in [-0.4, -0.2) is 12.6 Å². The molecule has 0 rings (SSSR count). The van der Waals surface area contributed by atoms with Crippen molar-refractivity contribution in [3.05, 3.63) is 12.2 Å². The molecule has 0 saturated carbocycles. The number of allylic oxidation sites excluding steroid dienone is 2. The Bertz CT molecular complexity index is 498. The van der Waals surface area contributed by atoms with Gasteiger partial charge in [0.05, 0.1) is 6.61 Å². The zero-order valence-corrected chi connectivity index (χ0v) is 27.3. The molecule has 39 heavy (non-hydrogen) atoms. The molecule has 0 N–H and O–H groups in total. The van der Waals surface area contributed by atoms with Crippen molar-refractivity contribution in [2.24, 2.45) is 5.92 Å². The maximum Gasteiger partial charge on any atom is 0.305 e. The second kappa shape index (κ2) is 33.4. The lowest BCUT2D eigenvalue weighted by Gasteiger charge is -2.07. The molecular formula is C37H72O2. The third kappa shape index (κ3) is 33.3. The first kappa shape index (κ1) is 38.2. The normalized spacial score (nSPS) is 12.4. The smallest absolute Gasteiger partial charge is 0.305 e. The highest BCUT2D eigenvalue weighted by atomic mass is 16.5. The summed E-state index contributed by atoms with van der Waals surface area (Å²) in [5.74, 6) is 0.852. The zero-order chi connectivity index (χ0) is 28.5. The number of carbonyl (C=O) groups excluding carboxylic acids is 1. The van der Waals surface area contributed by atoms with Gasteiger partial charge in [0.2, 0.25) is 0 Å². The molecule has 0 saturated heterocycles. The Morgan fingerprint density at radius 1 is 0.538 bits per heavy atom. The lowest BCUT2D eigenvalue weighted by molar-refractivity contribution is -0.143. The summed E-state index contributed by atoms with van der Waals surface area (Å²) in [4.78, 5) is 11.9. The van der Waals surface area contributed by atoms with E-state index in [0.717, 1.165) is 25.2 Å². The van der Waals surface area contributed by atoms with Crippen LogP contribution in [0, 0.1) is 5.92 Å². The molecule has 232 valence electrons. The summed E-state index contributed by atoms with van der Waals surface area (Å²) in [6.45, 7) is 7.59. The minimum Gasteiger partial charge on any atom is -0.466 e. The Kier molecular flexibility index (Phi) is 32.7. The van der Waals surface area contributed by atoms with E-state index >= 15 is 0 Å². The van der Waals surface area contributed by atoms with E-state index in [9.17, 15) is 4.79 Å². The number of hydrogen-bond donors (Lipinski definition) is 0. The van der Waals surface area contributed by atoms with Gasteiger partial charge < -0.3 is 4.74 Å². The van der Waals surface area contributed by atoms with Gasteiger partial charge in [-0.3, -0.25) is 4.79 Å². The van der Waals surface area contributed by atoms with E-state index in [1.807, 2.05) is 0 Å². The number of hydrogen-bond acceptors (Lipinski definition) is 2. The summed E-state index contributed by atoms with van der Waals surface area (Å²) in [6.07, 6.45) is 42.7. The molecule has 0 aromatic carbocycles. The predicted molar refractivity (Wildman–Crippen MR) is 175 cm³/mol. The van der Waals surface area contributed by atoms with Crippen molar-refractivity contribution < 1.29 is 9.53 Å². The van der Waals surface area contributed by atoms with Crippen LogP contribution in [-0.2, 0) is 9.53 Å². The SMILES string of the molecule is CCCCCCCCCCCCCCCCCCOC(=O)CCCCCCC/C=C/C[C@@H](C)CCCCCC. The van der Waals surface area contributed by atoms with Gasteiger partial charge in [-0.1, -0.05) is 181 Å². The molecule has 0 amide bonds. The van der Waals surface area contributed by atoms with Gasteiger partial charge in [-0.2, -0.15) is 0 Å². The topological polar surface area (TPSA) is 26.3 Å². The van der Waals surface area contributed by atoms with Crippen molar-refractivity contribution in [2.45, 2.75) is 207 Å². The van der Waals surface area contributed by atoms with Crippen molar-refractivity contribution in [3.63, 3.8) is 0 Å². The van der Waals surface area contributed by atoms with Crippen molar-refractivity contribution in [1.29, 1.82) is 0 Å². The fourth-order valence-electron chi connectivity index (χ4n) is 5.45. The lowest BCUT2D eigenvalue weighted by Crippen LogP contribution is -2.05. The van der Waals surface area contributed by atoms with Crippen molar-refractivity contribution in [2.75, 3.05) is 6.61 Å². The molecule has 0 aliphatic rings. The van der Waals surface area contributed by atoms with Crippen LogP contribution < -0.4 is 0 Å². The van der Waals surface area contributed by atoms with Crippen LogP contribution in [0.15, 0.2) is 12.2 Å². The van der Waals surface area contributed by atoms with Crippen LogP contribution in [0.1, 0.15) is 207 Å². The summed E-state index contributed by atoms with van der Waals surface area (Å²) in [6, 6.07) is 0. The minimum atomic E-state index is 0.0164. The van der Waals surface area contributed by atoms with Gasteiger partial charge in [0.1, 0.15) is 0 Å². The van der Waals surface area contributed by atoms with E-state index in [1.165, 1.54) is 161 Å². The molecule has 0 aliphatic heterocycles. The van der Waals surface area contributed by atoms with Crippen LogP contribution in [0.5, 0.6) is 0 Å². The van der Waals surface area contributed by atoms with E-state index in [4.69, 9.17) is 4.74 Å². The van der Waals surface area contributed by atoms with E-state index < -0.39 is 0 Å². The standard InChI is InChI=1S/C37H72O2/c1-4-6-8-10-11-12-13-14-15-16-17-18-21-24-27-31-35-39-37(38)34-30-26-23-20-19-22-25-29-33-36(3)32-28-9-7-5-2/h25,29,36H,4-24,26-28,30-35H2,1-3H3/b29-25+/t36-/m0/s1. The number of rotatable bonds is 32. The Balaban J connectivity index is 3.25. The Morgan fingerprint density at radius 2 is 0.974 bits per heavy atom. The highest BCUT2D eigenvalue weighted by Crippen LogP contribution is 2.16. The second-order valence-electron chi connectivity index (χ2n) is 12.5. The average molecular weight is 549 g/mol. The fraction of sp³-hybridized carbons (Fsp3) is 0.919. The first-order valence-corrected chi connectivity index (χ1v) is 18.0. The number of ether oxygens (including phenoxy) is 1. The van der Waals surface area contributed by atoms with Crippen LogP contribution in [0.25, 0.3) is 0 Å². The zero-order valence-electron chi connectivity index (χ0n) is 27.3. The molecule has 0 aromatic rings. The summed E-state index contributed by atoms with van der Waals surface area (Å²) in [5, 5.41) is 0. The van der Waals surface area contributed by atoms with Crippen molar-refractivity contribution in [1.82, 2.24) is 0 Å². The van der Waals surface area contributed by atoms with E-state index in [0.29, 0.717) is 13.0 Å². The molecule has 2 heteroatoms. The second-order valence-corrected chi connectivity index (χ2v) is 12.5. The van der Waals surface area contributed by atoms with Gasteiger partial charge in [0.15, 0.2) is 0 Å². The molecule has 0 aliphatic carbocycles. The quantitative estimate of drug-likeness (QED) is 0.0474. The van der Waals surface area contributed by atoms with Crippen molar-refractivity contribution >= 4 is 5.97 Å². The monoisotopic (exact) mass is 549 g/mol. The van der Waals surface area contributed by atoms with E-state index in [2.05, 4.69) is 32.9 Å². The van der Waals surface area contributed by atoms with Gasteiger partial charge in [0.25, 0.3) is 0 Å². The summed E-state index contributed by atoms with van der Waals surface area (Å²) in [7, 11) is 0. The number of unbranched alkanes of at least 4 members (excludes halogenated alkanes) is 23. The molecule has 2 nitrogen and oxygen atoms in total. The predicted octanol–water partition coefficient (Wildman–Crippen LogP) is 13.1. The average Bonchev–Trinajstić information content (AvgIpc) is 2.93. The van der Waals surface area contributed by atoms with Gasteiger partial charge in [0, 0.05) is 6.42 Å². The maximum atomic E-state index is 11.9. The molecule has 0 radical (unpaired) electrons. The molecule has 0 unspecified atom stereocenters. The third-order valence-electron chi connectivity index (χ3n) is 8.27. The summed E-state index contributed by atoms with van der Waals surface area (Å²) in [5.41, 5.74) is 0. The summed E-state index contributed by atoms with van der Waals surface area (Å²) >= 11 is 0. The van der Waals surface area contributed by atoms with E-state index in [-0.39, 0.29) is 5.97 Å². The molecule has 0 spiro atoms. The first-order chi connectivity index (χ1) is 19.2. The summed E-state index contributed by atoms with van der Waals surface area (Å²) < 4.78 is 5.44. The highest BCUT2D eigenvalue weighted by molar-refractivity contribution is 5.69. The molecule has 0 heterocycles. The highest BCUT2D eigenvalue weighted by Gasteiger charge is 2.03. The number of carbonyl (C=O) groups is 1. The molecule has 0 aromatic heterocycles. The number of esters is 1. The fourth-order valence-corrected chi connectivity index (χ4v) is 5.45. The molecular weight excluding hydrogens is 476 g/mol. The minimum absolute atomic E-state index is 0.0164. The van der Waals surface area contributed by atoms with Gasteiger partial charge in [-0.05, 0) is 38.0 Å². The maximum absolute atomic E-state index is 11.9. The van der Waals surface area contributed by atoms with Crippen LogP contribution in [0.4, 0.5) is 0 Å². The Morgan fingerprint density at radius 3 is 1.51 bits per heavy atom. The first-order valence-electron chi connectivity index (χ1n) is 18.0. The van der Waals surface area contributed by atoms with Gasteiger partial charge >= 0.3 is 5.97 Å². The molecule has 0 fully saturated rings. The Hall–Kier alpha value is -0.790. The van der Waals surface area contributed by atoms with Gasteiger partial charge in [-0.15, -0.1) is 0 Å². The van der Waals surface area contributed by atoms with Crippen LogP contribution in [0.2, 0.25) is 0 Å². The Labute approximate surface area is 246 Å². The largest absolute Gasteiger partial charge is 0.466 e. The van der Waals surface area contributed by atoms with Crippen molar-refractivity contribution in [3.8, 4) is 0 Å². The van der Waals surface area contributed by atoms with Gasteiger partial charge in [-0.25, -0.2) is 0 Å². The lowest BCUT2D eigenvalue weighted by atomic mass is 9.99. The third-order valence-corrected chi connectivity index (χ3v) is 8.27. The van der Waals surface area contributed by atoms with Crippen LogP contribution in [0.3, 0.4) is 0 Å². The van der Waals surface area contributed by atoms with E-state index in [1.54, 1.807) is 0 Å². The molecule has 0 bridgehead atoms. The van der Waals surface area contributed by atoms with Crippen LogP contribution >= 0.6 is 0 Å². The molecule has 1 atom stereocenters.